The monoisotopic (exact) mass is 297 g/mol. The van der Waals surface area contributed by atoms with E-state index in [9.17, 15) is 8.60 Å². The number of nitrogen functional groups attached to an aromatic ring is 1. The topological polar surface area (TPSA) is 43.1 Å². The second-order valence-corrected chi connectivity index (χ2v) is 6.11. The summed E-state index contributed by atoms with van der Waals surface area (Å²) in [6.07, 6.45) is 0. The number of rotatable bonds is 3. The summed E-state index contributed by atoms with van der Waals surface area (Å²) in [5.41, 5.74) is 8.02. The molecule has 100 valence electrons. The fourth-order valence-corrected chi connectivity index (χ4v) is 3.19. The van der Waals surface area contributed by atoms with E-state index < -0.39 is 16.6 Å². The first-order valence-electron chi connectivity index (χ1n) is 5.66. The summed E-state index contributed by atoms with van der Waals surface area (Å²) in [6, 6.07) is 9.74. The van der Waals surface area contributed by atoms with Crippen molar-refractivity contribution in [1.29, 1.82) is 0 Å². The summed E-state index contributed by atoms with van der Waals surface area (Å²) >= 11 is 5.70. The molecule has 2 rings (SSSR count). The van der Waals surface area contributed by atoms with Crippen molar-refractivity contribution in [2.24, 2.45) is 0 Å². The van der Waals surface area contributed by atoms with Crippen molar-refractivity contribution in [3.05, 3.63) is 58.4 Å². The number of halogens is 2. The van der Waals surface area contributed by atoms with Gasteiger partial charge < -0.3 is 5.73 Å². The molecule has 0 aliphatic carbocycles. The lowest BCUT2D eigenvalue weighted by Gasteiger charge is -2.07. The van der Waals surface area contributed by atoms with Crippen molar-refractivity contribution in [3.8, 4) is 0 Å². The molecule has 0 fully saturated rings. The van der Waals surface area contributed by atoms with Crippen LogP contribution in [0.4, 0.5) is 10.1 Å². The van der Waals surface area contributed by atoms with Gasteiger partial charge in [-0.1, -0.05) is 23.7 Å². The number of aryl methyl sites for hydroxylation is 1. The highest BCUT2D eigenvalue weighted by Crippen LogP contribution is 2.22. The Morgan fingerprint density at radius 2 is 2.00 bits per heavy atom. The van der Waals surface area contributed by atoms with Gasteiger partial charge in [0, 0.05) is 5.69 Å². The third-order valence-electron chi connectivity index (χ3n) is 2.70. The van der Waals surface area contributed by atoms with E-state index in [1.165, 1.54) is 12.1 Å². The maximum Gasteiger partial charge on any atom is 0.141 e. The normalized spacial score (nSPS) is 12.4. The van der Waals surface area contributed by atoms with Gasteiger partial charge in [-0.2, -0.15) is 0 Å². The van der Waals surface area contributed by atoms with Crippen molar-refractivity contribution >= 4 is 28.1 Å². The minimum Gasteiger partial charge on any atom is -0.398 e. The van der Waals surface area contributed by atoms with Gasteiger partial charge in [0.1, 0.15) is 5.82 Å². The molecular formula is C14H13ClFNOS. The van der Waals surface area contributed by atoms with Crippen LogP contribution in [-0.4, -0.2) is 4.21 Å². The Morgan fingerprint density at radius 3 is 2.68 bits per heavy atom. The molecular weight excluding hydrogens is 285 g/mol. The second kappa shape index (κ2) is 5.72. The van der Waals surface area contributed by atoms with Gasteiger partial charge in [-0.3, -0.25) is 4.21 Å². The molecule has 2 aromatic rings. The van der Waals surface area contributed by atoms with E-state index in [0.717, 1.165) is 5.56 Å². The van der Waals surface area contributed by atoms with Crippen LogP contribution in [0.15, 0.2) is 41.3 Å². The molecule has 0 bridgehead atoms. The molecule has 0 saturated heterocycles. The van der Waals surface area contributed by atoms with Crippen LogP contribution < -0.4 is 5.73 Å². The van der Waals surface area contributed by atoms with E-state index in [1.807, 2.05) is 13.0 Å². The molecule has 1 atom stereocenters. The third-order valence-corrected chi connectivity index (χ3v) is 4.43. The van der Waals surface area contributed by atoms with Crippen LogP contribution in [0.3, 0.4) is 0 Å². The quantitative estimate of drug-likeness (QED) is 0.878. The fourth-order valence-electron chi connectivity index (χ4n) is 1.70. The molecule has 2 aromatic carbocycles. The maximum absolute atomic E-state index is 13.0. The molecule has 0 amide bonds. The SMILES string of the molecule is Cc1ccc(N)c(S(=O)Cc2ccc(F)c(Cl)c2)c1. The van der Waals surface area contributed by atoms with Gasteiger partial charge in [0.05, 0.1) is 26.5 Å². The minimum atomic E-state index is -1.28. The van der Waals surface area contributed by atoms with Crippen LogP contribution in [0.2, 0.25) is 5.02 Å². The Labute approximate surface area is 118 Å². The van der Waals surface area contributed by atoms with E-state index >= 15 is 0 Å². The van der Waals surface area contributed by atoms with Gasteiger partial charge in [0.25, 0.3) is 0 Å². The first-order chi connectivity index (χ1) is 8.97. The lowest BCUT2D eigenvalue weighted by molar-refractivity contribution is 0.627. The van der Waals surface area contributed by atoms with Gasteiger partial charge >= 0.3 is 0 Å². The van der Waals surface area contributed by atoms with Gasteiger partial charge in [-0.15, -0.1) is 0 Å². The molecule has 0 heterocycles. The average molecular weight is 298 g/mol. The Balaban J connectivity index is 2.25. The Morgan fingerprint density at radius 1 is 1.26 bits per heavy atom. The summed E-state index contributed by atoms with van der Waals surface area (Å²) in [4.78, 5) is 0.598. The van der Waals surface area contributed by atoms with Crippen molar-refractivity contribution < 1.29 is 8.60 Å². The van der Waals surface area contributed by atoms with E-state index in [1.54, 1.807) is 18.2 Å². The summed E-state index contributed by atoms with van der Waals surface area (Å²) in [5.74, 6) is -0.223. The van der Waals surface area contributed by atoms with E-state index in [0.29, 0.717) is 16.1 Å². The highest BCUT2D eigenvalue weighted by atomic mass is 35.5. The molecule has 0 spiro atoms. The predicted molar refractivity (Wildman–Crippen MR) is 77.1 cm³/mol. The first kappa shape index (κ1) is 14.0. The predicted octanol–water partition coefficient (Wildman–Crippen LogP) is 3.68. The molecule has 19 heavy (non-hydrogen) atoms. The standard InChI is InChI=1S/C14H13ClFNOS/c1-9-2-5-13(17)14(6-9)19(18)8-10-3-4-12(16)11(15)7-10/h2-7H,8,17H2,1H3. The van der Waals surface area contributed by atoms with Crippen molar-refractivity contribution in [3.63, 3.8) is 0 Å². The molecule has 2 N–H and O–H groups in total. The van der Waals surface area contributed by atoms with Crippen molar-refractivity contribution in [2.45, 2.75) is 17.6 Å². The Hall–Kier alpha value is -1.39. The minimum absolute atomic E-state index is 0.0340. The number of anilines is 1. The number of hydrogen-bond donors (Lipinski definition) is 1. The highest BCUT2D eigenvalue weighted by Gasteiger charge is 2.10. The van der Waals surface area contributed by atoms with Gasteiger partial charge in [0.2, 0.25) is 0 Å². The van der Waals surface area contributed by atoms with Gasteiger partial charge in [0.15, 0.2) is 0 Å². The molecule has 0 aliphatic rings. The molecule has 0 radical (unpaired) electrons. The highest BCUT2D eigenvalue weighted by molar-refractivity contribution is 7.84. The van der Waals surface area contributed by atoms with E-state index in [4.69, 9.17) is 17.3 Å². The molecule has 5 heteroatoms. The largest absolute Gasteiger partial charge is 0.398 e. The zero-order valence-electron chi connectivity index (χ0n) is 10.3. The summed E-state index contributed by atoms with van der Waals surface area (Å²) in [5, 5.41) is 0.0340. The van der Waals surface area contributed by atoms with Crippen LogP contribution in [0, 0.1) is 12.7 Å². The molecule has 2 nitrogen and oxygen atoms in total. The number of nitrogens with two attached hydrogens (primary N) is 1. The van der Waals surface area contributed by atoms with E-state index in [-0.39, 0.29) is 10.8 Å². The van der Waals surface area contributed by atoms with E-state index in [2.05, 4.69) is 0 Å². The number of benzene rings is 2. The van der Waals surface area contributed by atoms with Crippen LogP contribution in [0.25, 0.3) is 0 Å². The first-order valence-corrected chi connectivity index (χ1v) is 7.35. The third kappa shape index (κ3) is 3.33. The maximum atomic E-state index is 13.0. The lowest BCUT2D eigenvalue weighted by atomic mass is 10.2. The van der Waals surface area contributed by atoms with Crippen LogP contribution in [-0.2, 0) is 16.6 Å². The zero-order chi connectivity index (χ0) is 14.0. The fraction of sp³-hybridized carbons (Fsp3) is 0.143. The van der Waals surface area contributed by atoms with Gasteiger partial charge in [-0.05, 0) is 42.3 Å². The summed E-state index contributed by atoms with van der Waals surface area (Å²) in [6.45, 7) is 1.91. The molecule has 0 aliphatic heterocycles. The molecule has 0 saturated carbocycles. The summed E-state index contributed by atoms with van der Waals surface area (Å²) in [7, 11) is -1.28. The van der Waals surface area contributed by atoms with Crippen LogP contribution in [0.5, 0.6) is 0 Å². The van der Waals surface area contributed by atoms with Crippen molar-refractivity contribution in [1.82, 2.24) is 0 Å². The number of hydrogen-bond acceptors (Lipinski definition) is 2. The smallest absolute Gasteiger partial charge is 0.141 e. The average Bonchev–Trinajstić information content (AvgIpc) is 2.36. The summed E-state index contributed by atoms with van der Waals surface area (Å²) < 4.78 is 25.3. The van der Waals surface area contributed by atoms with Crippen LogP contribution in [0.1, 0.15) is 11.1 Å². The van der Waals surface area contributed by atoms with Crippen LogP contribution >= 0.6 is 11.6 Å². The molecule has 0 aromatic heterocycles. The molecule has 1 unspecified atom stereocenters. The Kier molecular flexibility index (Phi) is 4.22. The lowest BCUT2D eigenvalue weighted by Crippen LogP contribution is -2.01. The second-order valence-electron chi connectivity index (χ2n) is 4.28. The van der Waals surface area contributed by atoms with Crippen molar-refractivity contribution in [2.75, 3.05) is 5.73 Å². The van der Waals surface area contributed by atoms with Gasteiger partial charge in [-0.25, -0.2) is 4.39 Å². The zero-order valence-corrected chi connectivity index (χ0v) is 11.9. The Bertz CT molecular complexity index is 645.